The molecule has 0 aliphatic rings. The normalized spacial score (nSPS) is 13.1. The maximum absolute atomic E-state index is 11.8. The molecule has 0 saturated heterocycles. The van der Waals surface area contributed by atoms with Gasteiger partial charge in [-0.05, 0) is 35.7 Å². The van der Waals surface area contributed by atoms with Crippen molar-refractivity contribution in [1.29, 1.82) is 0 Å². The van der Waals surface area contributed by atoms with Gasteiger partial charge in [-0.25, -0.2) is 4.79 Å². The van der Waals surface area contributed by atoms with Gasteiger partial charge in [-0.15, -0.1) is 0 Å². The number of pyridine rings is 1. The van der Waals surface area contributed by atoms with Gasteiger partial charge in [0.15, 0.2) is 6.10 Å². The molecule has 0 fully saturated rings. The summed E-state index contributed by atoms with van der Waals surface area (Å²) in [5.41, 5.74) is 1.67. The fourth-order valence-electron chi connectivity index (χ4n) is 2.67. The molecule has 1 heterocycles. The van der Waals surface area contributed by atoms with Gasteiger partial charge in [-0.1, -0.05) is 45.0 Å². The molecule has 1 atom stereocenters. The number of rotatable bonds is 10. The molecule has 160 valence electrons. The maximum Gasteiger partial charge on any atom is 0.339 e. The van der Waals surface area contributed by atoms with Gasteiger partial charge in [0.05, 0.1) is 25.7 Å². The van der Waals surface area contributed by atoms with Gasteiger partial charge in [0.1, 0.15) is 5.57 Å². The van der Waals surface area contributed by atoms with Gasteiger partial charge in [0.25, 0.3) is 5.90 Å². The fraction of sp³-hybridized carbons (Fsp3) is 0.348. The number of hydrogen-bond donors (Lipinski definition) is 1. The zero-order chi connectivity index (χ0) is 21.9. The van der Waals surface area contributed by atoms with E-state index in [0.717, 1.165) is 5.69 Å². The number of benzene rings is 1. The van der Waals surface area contributed by atoms with E-state index in [9.17, 15) is 9.90 Å². The van der Waals surface area contributed by atoms with Crippen LogP contribution >= 0.6 is 0 Å². The summed E-state index contributed by atoms with van der Waals surface area (Å²) in [5, 5.41) is 13.9. The van der Waals surface area contributed by atoms with E-state index < -0.39 is 5.97 Å². The van der Waals surface area contributed by atoms with Crippen molar-refractivity contribution in [3.63, 3.8) is 0 Å². The molecule has 1 aromatic carbocycles. The molecule has 1 N–H and O–H groups in total. The average molecular weight is 412 g/mol. The second-order valence-corrected chi connectivity index (χ2v) is 6.98. The van der Waals surface area contributed by atoms with Crippen LogP contribution in [0, 0.1) is 5.92 Å². The molecule has 30 heavy (non-hydrogen) atoms. The Kier molecular flexibility index (Phi) is 8.87. The summed E-state index contributed by atoms with van der Waals surface area (Å²) in [6.07, 6.45) is 3.18. The molecule has 2 aromatic rings. The van der Waals surface area contributed by atoms with Gasteiger partial charge < -0.3 is 19.4 Å². The molecule has 0 aliphatic heterocycles. The first-order valence-corrected chi connectivity index (χ1v) is 9.81. The number of oxime groups is 1. The van der Waals surface area contributed by atoms with Crippen LogP contribution in [0.4, 0.5) is 0 Å². The maximum atomic E-state index is 11.8. The number of ether oxygens (including phenoxy) is 2. The molecular formula is C23H28N2O5. The van der Waals surface area contributed by atoms with Crippen molar-refractivity contribution in [3.8, 4) is 0 Å². The summed E-state index contributed by atoms with van der Waals surface area (Å²) in [7, 11) is 1.40. The SMILES string of the molecule is CCC(O/N=C(/OCC(C)C)c1ccccc1/C(=C\OC)C(=O)O)c1ccccn1. The zero-order valence-corrected chi connectivity index (χ0v) is 17.7. The Morgan fingerprint density at radius 2 is 1.87 bits per heavy atom. The van der Waals surface area contributed by atoms with E-state index in [2.05, 4.69) is 10.1 Å². The highest BCUT2D eigenvalue weighted by Gasteiger charge is 2.21. The molecule has 2 rings (SSSR count). The van der Waals surface area contributed by atoms with E-state index >= 15 is 0 Å². The van der Waals surface area contributed by atoms with Crippen LogP contribution in [0.15, 0.2) is 60.1 Å². The van der Waals surface area contributed by atoms with Gasteiger partial charge in [-0.2, -0.15) is 0 Å². The molecule has 0 aliphatic carbocycles. The second kappa shape index (κ2) is 11.6. The molecule has 0 bridgehead atoms. The van der Waals surface area contributed by atoms with E-state index in [4.69, 9.17) is 14.3 Å². The minimum Gasteiger partial charge on any atom is -0.503 e. The number of carboxylic acids is 1. The summed E-state index contributed by atoms with van der Waals surface area (Å²) >= 11 is 0. The van der Waals surface area contributed by atoms with Crippen molar-refractivity contribution >= 4 is 17.4 Å². The quantitative estimate of drug-likeness (QED) is 0.201. The number of methoxy groups -OCH3 is 1. The largest absolute Gasteiger partial charge is 0.503 e. The highest BCUT2D eigenvalue weighted by molar-refractivity contribution is 6.18. The first-order valence-electron chi connectivity index (χ1n) is 9.81. The minimum atomic E-state index is -1.12. The topological polar surface area (TPSA) is 90.2 Å². The van der Waals surface area contributed by atoms with Crippen LogP contribution in [0.1, 0.15) is 50.1 Å². The highest BCUT2D eigenvalue weighted by atomic mass is 16.7. The van der Waals surface area contributed by atoms with Crippen molar-refractivity contribution in [3.05, 3.63) is 71.7 Å². The highest BCUT2D eigenvalue weighted by Crippen LogP contribution is 2.24. The van der Waals surface area contributed by atoms with Crippen LogP contribution in [0.5, 0.6) is 0 Å². The lowest BCUT2D eigenvalue weighted by Gasteiger charge is -2.17. The zero-order valence-electron chi connectivity index (χ0n) is 17.7. The van der Waals surface area contributed by atoms with E-state index in [1.807, 2.05) is 39.0 Å². The number of aromatic nitrogens is 1. The average Bonchev–Trinajstić information content (AvgIpc) is 2.75. The van der Waals surface area contributed by atoms with Crippen LogP contribution in [0.2, 0.25) is 0 Å². The van der Waals surface area contributed by atoms with E-state index in [0.29, 0.717) is 24.2 Å². The number of hydrogen-bond acceptors (Lipinski definition) is 6. The third kappa shape index (κ3) is 6.34. The van der Waals surface area contributed by atoms with Gasteiger partial charge >= 0.3 is 5.97 Å². The van der Waals surface area contributed by atoms with Crippen LogP contribution in [0.25, 0.3) is 5.57 Å². The Hall–Kier alpha value is -3.35. The van der Waals surface area contributed by atoms with Crippen LogP contribution in [-0.4, -0.2) is 35.7 Å². The van der Waals surface area contributed by atoms with Crippen molar-refractivity contribution in [2.75, 3.05) is 13.7 Å². The number of carbonyl (C=O) groups is 1. The van der Waals surface area contributed by atoms with E-state index in [1.165, 1.54) is 13.4 Å². The van der Waals surface area contributed by atoms with Gasteiger partial charge in [-0.3, -0.25) is 4.98 Å². The Morgan fingerprint density at radius 3 is 2.43 bits per heavy atom. The first kappa shape index (κ1) is 22.9. The Labute approximate surface area is 177 Å². The smallest absolute Gasteiger partial charge is 0.339 e. The van der Waals surface area contributed by atoms with Crippen molar-refractivity contribution in [2.45, 2.75) is 33.3 Å². The number of carboxylic acid groups (broad SMARTS) is 1. The van der Waals surface area contributed by atoms with E-state index in [1.54, 1.807) is 30.5 Å². The summed E-state index contributed by atoms with van der Waals surface area (Å²) in [5.74, 6) is -0.668. The predicted octanol–water partition coefficient (Wildman–Crippen LogP) is 4.66. The number of nitrogens with zero attached hydrogens (tertiary/aromatic N) is 2. The van der Waals surface area contributed by atoms with Gasteiger partial charge in [0.2, 0.25) is 0 Å². The fourth-order valence-corrected chi connectivity index (χ4v) is 2.67. The molecule has 7 nitrogen and oxygen atoms in total. The number of aliphatic carboxylic acids is 1. The summed E-state index contributed by atoms with van der Waals surface area (Å²) in [6, 6.07) is 12.5. The Morgan fingerprint density at radius 1 is 1.17 bits per heavy atom. The van der Waals surface area contributed by atoms with Crippen LogP contribution < -0.4 is 0 Å². The van der Waals surface area contributed by atoms with E-state index in [-0.39, 0.29) is 23.5 Å². The first-order chi connectivity index (χ1) is 14.5. The lowest BCUT2D eigenvalue weighted by Crippen LogP contribution is -2.16. The van der Waals surface area contributed by atoms with Gasteiger partial charge in [0, 0.05) is 17.3 Å². The second-order valence-electron chi connectivity index (χ2n) is 6.98. The van der Waals surface area contributed by atoms with Crippen LogP contribution in [0.3, 0.4) is 0 Å². The molecule has 7 heteroatoms. The van der Waals surface area contributed by atoms with Crippen molar-refractivity contribution in [2.24, 2.45) is 11.1 Å². The lowest BCUT2D eigenvalue weighted by molar-refractivity contribution is -0.130. The predicted molar refractivity (Wildman–Crippen MR) is 115 cm³/mol. The molecule has 0 saturated carbocycles. The third-order valence-corrected chi connectivity index (χ3v) is 4.12. The summed E-state index contributed by atoms with van der Waals surface area (Å²) in [4.78, 5) is 21.9. The monoisotopic (exact) mass is 412 g/mol. The Bertz CT molecular complexity index is 878. The molecule has 1 aromatic heterocycles. The molecule has 0 amide bonds. The molecule has 0 spiro atoms. The summed E-state index contributed by atoms with van der Waals surface area (Å²) in [6.45, 7) is 6.40. The Balaban J connectivity index is 2.45. The standard InChI is InChI=1S/C23H28N2O5/c1-5-21(20-12-8-9-13-24-20)30-25-22(29-14-16(2)3)18-11-7-6-10-17(18)19(15-28-4)23(26)27/h6-13,15-16,21H,5,14H2,1-4H3,(H,26,27)/b19-15+,25-22+. The van der Waals surface area contributed by atoms with Crippen molar-refractivity contribution in [1.82, 2.24) is 4.98 Å². The van der Waals surface area contributed by atoms with Crippen LogP contribution in [-0.2, 0) is 19.1 Å². The lowest BCUT2D eigenvalue weighted by atomic mass is 10.0. The molecule has 1 unspecified atom stereocenters. The van der Waals surface area contributed by atoms with Crippen molar-refractivity contribution < 1.29 is 24.2 Å². The molecular weight excluding hydrogens is 384 g/mol. The minimum absolute atomic E-state index is 0.00860. The third-order valence-electron chi connectivity index (χ3n) is 4.12. The summed E-state index contributed by atoms with van der Waals surface area (Å²) < 4.78 is 10.9. The molecule has 0 radical (unpaired) electrons.